The summed E-state index contributed by atoms with van der Waals surface area (Å²) in [6, 6.07) is -0.276. The second-order valence-electron chi connectivity index (χ2n) is 5.23. The molecular formula is C12H16N4O3S. The zero-order valence-corrected chi connectivity index (χ0v) is 12.0. The number of carboxylic acid groups (broad SMARTS) is 1. The molecule has 0 aromatic carbocycles. The zero-order chi connectivity index (χ0) is 14.3. The van der Waals surface area contributed by atoms with Crippen molar-refractivity contribution in [3.63, 3.8) is 0 Å². The summed E-state index contributed by atoms with van der Waals surface area (Å²) in [5.74, 6) is 0.308. The van der Waals surface area contributed by atoms with Crippen molar-refractivity contribution in [2.75, 3.05) is 19.3 Å². The second kappa shape index (κ2) is 5.08. The molecule has 1 saturated carbocycles. The van der Waals surface area contributed by atoms with E-state index in [9.17, 15) is 9.59 Å². The van der Waals surface area contributed by atoms with Crippen LogP contribution in [0.15, 0.2) is 5.16 Å². The van der Waals surface area contributed by atoms with Gasteiger partial charge in [0.25, 0.3) is 0 Å². The van der Waals surface area contributed by atoms with Crippen LogP contribution < -0.4 is 0 Å². The Bertz CT molecular complexity index is 555. The Morgan fingerprint density at radius 1 is 1.40 bits per heavy atom. The molecular weight excluding hydrogens is 280 g/mol. The first-order valence-electron chi connectivity index (χ1n) is 6.62. The van der Waals surface area contributed by atoms with E-state index >= 15 is 0 Å². The monoisotopic (exact) mass is 296 g/mol. The van der Waals surface area contributed by atoms with Gasteiger partial charge in [0.15, 0.2) is 5.16 Å². The van der Waals surface area contributed by atoms with Crippen LogP contribution in [0.25, 0.3) is 0 Å². The van der Waals surface area contributed by atoms with Gasteiger partial charge < -0.3 is 10.0 Å². The van der Waals surface area contributed by atoms with Gasteiger partial charge in [-0.15, -0.1) is 10.2 Å². The van der Waals surface area contributed by atoms with E-state index < -0.39 is 5.97 Å². The quantitative estimate of drug-likeness (QED) is 0.806. The lowest BCUT2D eigenvalue weighted by molar-refractivity contribution is -0.134. The molecule has 2 aliphatic rings. The minimum Gasteiger partial charge on any atom is -0.481 e. The predicted molar refractivity (Wildman–Crippen MR) is 71.6 cm³/mol. The Kier molecular flexibility index (Phi) is 3.41. The minimum absolute atomic E-state index is 0.0591. The van der Waals surface area contributed by atoms with Crippen molar-refractivity contribution in [3.05, 3.63) is 5.82 Å². The fourth-order valence-electron chi connectivity index (χ4n) is 2.47. The van der Waals surface area contributed by atoms with Crippen LogP contribution in [0.5, 0.6) is 0 Å². The number of hydrogen-bond acceptors (Lipinski definition) is 5. The molecule has 8 heteroatoms. The average molecular weight is 296 g/mol. The first kappa shape index (κ1) is 13.4. The van der Waals surface area contributed by atoms with Crippen molar-refractivity contribution in [1.29, 1.82) is 0 Å². The average Bonchev–Trinajstić information content (AvgIpc) is 3.09. The van der Waals surface area contributed by atoms with Crippen molar-refractivity contribution in [2.45, 2.75) is 36.4 Å². The Labute approximate surface area is 120 Å². The molecule has 1 aromatic rings. The van der Waals surface area contributed by atoms with Gasteiger partial charge in [0.05, 0.1) is 5.75 Å². The number of hydrogen-bond donors (Lipinski definition) is 1. The van der Waals surface area contributed by atoms with Crippen LogP contribution in [-0.2, 0) is 9.59 Å². The number of aliphatic carboxylic acids is 1. The fraction of sp³-hybridized carbons (Fsp3) is 0.667. The highest BCUT2D eigenvalue weighted by atomic mass is 32.2. The molecule has 1 saturated heterocycles. The van der Waals surface area contributed by atoms with Crippen LogP contribution in [0.4, 0.5) is 0 Å². The van der Waals surface area contributed by atoms with Crippen molar-refractivity contribution >= 4 is 23.6 Å². The number of aromatic nitrogens is 3. The van der Waals surface area contributed by atoms with Gasteiger partial charge >= 0.3 is 5.97 Å². The predicted octanol–water partition coefficient (Wildman–Crippen LogP) is 0.735. The number of carbonyl (C=O) groups is 2. The Morgan fingerprint density at radius 2 is 2.15 bits per heavy atom. The Balaban J connectivity index is 1.91. The molecule has 3 rings (SSSR count). The molecule has 1 aliphatic carbocycles. The van der Waals surface area contributed by atoms with Crippen molar-refractivity contribution in [2.24, 2.45) is 0 Å². The molecule has 20 heavy (non-hydrogen) atoms. The first-order chi connectivity index (χ1) is 9.58. The largest absolute Gasteiger partial charge is 0.481 e. The van der Waals surface area contributed by atoms with Gasteiger partial charge in [-0.1, -0.05) is 11.8 Å². The third kappa shape index (κ3) is 2.39. The van der Waals surface area contributed by atoms with Gasteiger partial charge in [0.2, 0.25) is 5.91 Å². The molecule has 1 aliphatic heterocycles. The van der Waals surface area contributed by atoms with Crippen molar-refractivity contribution in [3.8, 4) is 0 Å². The highest BCUT2D eigenvalue weighted by Gasteiger charge is 2.38. The zero-order valence-electron chi connectivity index (χ0n) is 11.2. The van der Waals surface area contributed by atoms with Crippen LogP contribution >= 0.6 is 11.8 Å². The lowest BCUT2D eigenvalue weighted by Gasteiger charge is -2.15. The number of likely N-dealkylation sites (N-methyl/N-ethyl adjacent to an activating group) is 1. The molecule has 1 N–H and O–H groups in total. The summed E-state index contributed by atoms with van der Waals surface area (Å²) in [4.78, 5) is 24.6. The highest BCUT2D eigenvalue weighted by molar-refractivity contribution is 7.99. The lowest BCUT2D eigenvalue weighted by Crippen LogP contribution is -2.25. The number of thioether (sulfide) groups is 1. The van der Waals surface area contributed by atoms with Gasteiger partial charge in [-0.3, -0.25) is 14.2 Å². The SMILES string of the molecule is CN1CCC(n2c(SCC(=O)O)nnc2C2CC2)C1=O. The smallest absolute Gasteiger partial charge is 0.313 e. The standard InChI is InChI=1S/C12H16N4O3S/c1-15-5-4-8(11(15)19)16-10(7-2-3-7)13-14-12(16)20-6-9(17)18/h7-8H,2-6H2,1H3,(H,17,18). The summed E-state index contributed by atoms with van der Waals surface area (Å²) in [5.41, 5.74) is 0. The molecule has 1 amide bonds. The van der Waals surface area contributed by atoms with E-state index in [-0.39, 0.29) is 17.7 Å². The van der Waals surface area contributed by atoms with Crippen LogP contribution in [0.3, 0.4) is 0 Å². The van der Waals surface area contributed by atoms with Crippen LogP contribution in [0.2, 0.25) is 0 Å². The van der Waals surface area contributed by atoms with E-state index in [0.717, 1.165) is 43.4 Å². The topological polar surface area (TPSA) is 88.3 Å². The number of amides is 1. The maximum Gasteiger partial charge on any atom is 0.313 e. The van der Waals surface area contributed by atoms with E-state index in [4.69, 9.17) is 5.11 Å². The normalized spacial score (nSPS) is 22.6. The number of rotatable bonds is 5. The summed E-state index contributed by atoms with van der Waals surface area (Å²) < 4.78 is 1.87. The molecule has 108 valence electrons. The molecule has 1 unspecified atom stereocenters. The van der Waals surface area contributed by atoms with E-state index in [1.54, 1.807) is 11.9 Å². The van der Waals surface area contributed by atoms with Crippen LogP contribution in [0, 0.1) is 0 Å². The molecule has 2 heterocycles. The number of carbonyl (C=O) groups excluding carboxylic acids is 1. The molecule has 1 aromatic heterocycles. The fourth-order valence-corrected chi connectivity index (χ4v) is 3.18. The third-order valence-electron chi connectivity index (χ3n) is 3.67. The molecule has 2 fully saturated rings. The molecule has 0 bridgehead atoms. The summed E-state index contributed by atoms with van der Waals surface area (Å²) in [6.07, 6.45) is 2.87. The van der Waals surface area contributed by atoms with E-state index in [1.807, 2.05) is 4.57 Å². The molecule has 0 radical (unpaired) electrons. The maximum atomic E-state index is 12.2. The van der Waals surface area contributed by atoms with Gasteiger partial charge in [-0.2, -0.15) is 0 Å². The first-order valence-corrected chi connectivity index (χ1v) is 7.61. The Morgan fingerprint density at radius 3 is 2.70 bits per heavy atom. The summed E-state index contributed by atoms with van der Waals surface area (Å²) in [7, 11) is 1.79. The van der Waals surface area contributed by atoms with Gasteiger partial charge in [-0.25, -0.2) is 0 Å². The van der Waals surface area contributed by atoms with Crippen molar-refractivity contribution < 1.29 is 14.7 Å². The summed E-state index contributed by atoms with van der Waals surface area (Å²) in [5, 5.41) is 17.6. The van der Waals surface area contributed by atoms with Crippen LogP contribution in [0.1, 0.15) is 37.0 Å². The minimum atomic E-state index is -0.896. The lowest BCUT2D eigenvalue weighted by atomic mass is 10.2. The van der Waals surface area contributed by atoms with E-state index in [2.05, 4.69) is 10.2 Å². The van der Waals surface area contributed by atoms with Crippen molar-refractivity contribution in [1.82, 2.24) is 19.7 Å². The van der Waals surface area contributed by atoms with E-state index in [1.165, 1.54) is 0 Å². The molecule has 0 spiro atoms. The third-order valence-corrected chi connectivity index (χ3v) is 4.60. The van der Waals surface area contributed by atoms with E-state index in [0.29, 0.717) is 11.1 Å². The highest BCUT2D eigenvalue weighted by Crippen LogP contribution is 2.42. The second-order valence-corrected chi connectivity index (χ2v) is 6.17. The maximum absolute atomic E-state index is 12.2. The summed E-state index contributed by atoms with van der Waals surface area (Å²) >= 11 is 1.13. The van der Waals surface area contributed by atoms with Gasteiger partial charge in [0.1, 0.15) is 11.9 Å². The summed E-state index contributed by atoms with van der Waals surface area (Å²) in [6.45, 7) is 0.717. The molecule has 1 atom stereocenters. The molecule has 7 nitrogen and oxygen atoms in total. The number of nitrogens with zero attached hydrogens (tertiary/aromatic N) is 4. The van der Waals surface area contributed by atoms with Gasteiger partial charge in [-0.05, 0) is 19.3 Å². The number of likely N-dealkylation sites (tertiary alicyclic amines) is 1. The van der Waals surface area contributed by atoms with Gasteiger partial charge in [0, 0.05) is 19.5 Å². The van der Waals surface area contributed by atoms with Crippen LogP contribution in [-0.4, -0.2) is 56.0 Å². The Hall–Kier alpha value is -1.57. The number of carboxylic acids is 1.